The summed E-state index contributed by atoms with van der Waals surface area (Å²) in [7, 11) is 0. The van der Waals surface area contributed by atoms with Crippen molar-refractivity contribution in [3.8, 4) is 0 Å². The molecule has 0 aromatic carbocycles. The standard InChI is InChI=1S/C6H13NO7S/c8-1-2-3(9)4(10)5(11)6(7-2)14-15(12)13/h2-11H,1H2,(H,12,13)/t2?,3-,4-,5?,6?/m0/s1. The van der Waals surface area contributed by atoms with E-state index in [0.717, 1.165) is 0 Å². The lowest BCUT2D eigenvalue weighted by atomic mass is 9.95. The third-order valence-corrected chi connectivity index (χ3v) is 2.56. The molecule has 1 aliphatic rings. The fraction of sp³-hybridized carbons (Fsp3) is 1.00. The third-order valence-electron chi connectivity index (χ3n) is 2.18. The highest BCUT2D eigenvalue weighted by molar-refractivity contribution is 7.74. The second-order valence-electron chi connectivity index (χ2n) is 3.16. The molecule has 0 aromatic rings. The molecule has 0 amide bonds. The summed E-state index contributed by atoms with van der Waals surface area (Å²) in [5.74, 6) is 0. The normalized spacial score (nSPS) is 43.9. The minimum Gasteiger partial charge on any atom is -0.395 e. The summed E-state index contributed by atoms with van der Waals surface area (Å²) in [5.41, 5.74) is 0. The maximum absolute atomic E-state index is 10.3. The van der Waals surface area contributed by atoms with Crippen LogP contribution in [0.5, 0.6) is 0 Å². The van der Waals surface area contributed by atoms with Gasteiger partial charge in [0.1, 0.15) is 18.3 Å². The summed E-state index contributed by atoms with van der Waals surface area (Å²) in [6, 6.07) is -0.933. The lowest BCUT2D eigenvalue weighted by Gasteiger charge is -2.39. The van der Waals surface area contributed by atoms with Gasteiger partial charge in [0.2, 0.25) is 0 Å². The lowest BCUT2D eigenvalue weighted by molar-refractivity contribution is -0.153. The predicted molar refractivity (Wildman–Crippen MR) is 47.7 cm³/mol. The van der Waals surface area contributed by atoms with Gasteiger partial charge in [-0.3, -0.25) is 9.87 Å². The van der Waals surface area contributed by atoms with E-state index in [4.69, 9.17) is 9.66 Å². The first kappa shape index (κ1) is 12.9. The first-order chi connectivity index (χ1) is 6.97. The van der Waals surface area contributed by atoms with Gasteiger partial charge in [-0.05, 0) is 0 Å². The predicted octanol–water partition coefficient (Wildman–Crippen LogP) is -3.49. The molecule has 1 rings (SSSR count). The molecule has 0 radical (unpaired) electrons. The second kappa shape index (κ2) is 5.27. The average molecular weight is 243 g/mol. The first-order valence-electron chi connectivity index (χ1n) is 4.16. The van der Waals surface area contributed by atoms with Crippen molar-refractivity contribution >= 4 is 11.4 Å². The second-order valence-corrected chi connectivity index (χ2v) is 3.79. The Hall–Kier alpha value is -0.130. The van der Waals surface area contributed by atoms with Gasteiger partial charge in [-0.25, -0.2) is 4.18 Å². The Bertz CT molecular complexity index is 238. The van der Waals surface area contributed by atoms with Gasteiger partial charge in [-0.15, -0.1) is 0 Å². The molecule has 15 heavy (non-hydrogen) atoms. The zero-order chi connectivity index (χ0) is 11.6. The molecular weight excluding hydrogens is 230 g/mol. The summed E-state index contributed by atoms with van der Waals surface area (Å²) >= 11 is -2.62. The minimum absolute atomic E-state index is 0.511. The number of piperidine rings is 1. The third kappa shape index (κ3) is 2.92. The lowest BCUT2D eigenvalue weighted by Crippen LogP contribution is -2.66. The fourth-order valence-electron chi connectivity index (χ4n) is 1.36. The SMILES string of the molecule is O=S(O)OC1NC(CO)[C@H](O)[C@H](O)C1O. The van der Waals surface area contributed by atoms with E-state index in [1.807, 2.05) is 0 Å². The first-order valence-corrected chi connectivity index (χ1v) is 5.19. The number of rotatable bonds is 3. The van der Waals surface area contributed by atoms with Crippen molar-refractivity contribution in [2.45, 2.75) is 30.6 Å². The number of hydrogen-bond donors (Lipinski definition) is 6. The fourth-order valence-corrected chi connectivity index (χ4v) is 1.71. The highest BCUT2D eigenvalue weighted by atomic mass is 32.2. The average Bonchev–Trinajstić information content (AvgIpc) is 2.18. The topological polar surface area (TPSA) is 139 Å². The molecule has 0 saturated carbocycles. The van der Waals surface area contributed by atoms with E-state index in [9.17, 15) is 19.5 Å². The molecule has 9 heteroatoms. The van der Waals surface area contributed by atoms with Crippen LogP contribution in [0.4, 0.5) is 0 Å². The van der Waals surface area contributed by atoms with Crippen molar-refractivity contribution < 1.29 is 33.4 Å². The molecule has 1 heterocycles. The van der Waals surface area contributed by atoms with E-state index in [1.54, 1.807) is 0 Å². The summed E-state index contributed by atoms with van der Waals surface area (Å²) < 4.78 is 23.1. The molecule has 6 atom stereocenters. The van der Waals surface area contributed by atoms with Crippen LogP contribution < -0.4 is 5.32 Å². The highest BCUT2D eigenvalue weighted by Gasteiger charge is 2.43. The number of nitrogens with one attached hydrogen (secondary N) is 1. The Morgan fingerprint density at radius 3 is 2.27 bits per heavy atom. The molecule has 1 aliphatic heterocycles. The maximum Gasteiger partial charge on any atom is 0.303 e. The molecule has 0 aromatic heterocycles. The Morgan fingerprint density at radius 2 is 1.80 bits per heavy atom. The van der Waals surface area contributed by atoms with Crippen molar-refractivity contribution in [3.63, 3.8) is 0 Å². The molecule has 90 valence electrons. The van der Waals surface area contributed by atoms with E-state index in [1.165, 1.54) is 0 Å². The molecule has 6 N–H and O–H groups in total. The van der Waals surface area contributed by atoms with Crippen molar-refractivity contribution in [3.05, 3.63) is 0 Å². The van der Waals surface area contributed by atoms with Gasteiger partial charge < -0.3 is 20.4 Å². The summed E-state index contributed by atoms with van der Waals surface area (Å²) in [6.07, 6.45) is -5.82. The van der Waals surface area contributed by atoms with Crippen LogP contribution in [-0.2, 0) is 15.5 Å². The van der Waals surface area contributed by atoms with Gasteiger partial charge in [0, 0.05) is 0 Å². The Balaban J connectivity index is 2.69. The quantitative estimate of drug-likeness (QED) is 0.281. The van der Waals surface area contributed by atoms with E-state index < -0.39 is 48.5 Å². The maximum atomic E-state index is 10.3. The monoisotopic (exact) mass is 243 g/mol. The van der Waals surface area contributed by atoms with Crippen LogP contribution in [0, 0.1) is 0 Å². The molecule has 0 aliphatic carbocycles. The molecule has 4 unspecified atom stereocenters. The highest BCUT2D eigenvalue weighted by Crippen LogP contribution is 2.16. The molecule has 1 saturated heterocycles. The molecule has 1 fully saturated rings. The summed E-state index contributed by atoms with van der Waals surface area (Å²) in [4.78, 5) is 0. The van der Waals surface area contributed by atoms with Gasteiger partial charge in [-0.2, -0.15) is 4.21 Å². The van der Waals surface area contributed by atoms with Crippen LogP contribution in [0.1, 0.15) is 0 Å². The zero-order valence-electron chi connectivity index (χ0n) is 7.55. The summed E-state index contributed by atoms with van der Waals surface area (Å²) in [5, 5.41) is 39.2. The number of hydrogen-bond acceptors (Lipinski definition) is 7. The largest absolute Gasteiger partial charge is 0.395 e. The number of aliphatic hydroxyl groups is 4. The smallest absolute Gasteiger partial charge is 0.303 e. The van der Waals surface area contributed by atoms with Crippen LogP contribution in [0.2, 0.25) is 0 Å². The van der Waals surface area contributed by atoms with Crippen LogP contribution in [0.3, 0.4) is 0 Å². The van der Waals surface area contributed by atoms with Crippen LogP contribution in [0.25, 0.3) is 0 Å². The van der Waals surface area contributed by atoms with E-state index in [2.05, 4.69) is 9.50 Å². The molecule has 0 bridgehead atoms. The van der Waals surface area contributed by atoms with E-state index in [-0.39, 0.29) is 0 Å². The Kier molecular flexibility index (Phi) is 4.55. The van der Waals surface area contributed by atoms with Crippen LogP contribution in [-0.4, -0.2) is 66.4 Å². The van der Waals surface area contributed by atoms with Gasteiger partial charge in [0.15, 0.2) is 6.23 Å². The zero-order valence-corrected chi connectivity index (χ0v) is 8.37. The summed E-state index contributed by atoms with van der Waals surface area (Å²) in [6.45, 7) is -0.511. The van der Waals surface area contributed by atoms with Crippen molar-refractivity contribution in [1.29, 1.82) is 0 Å². The molecule has 0 spiro atoms. The van der Waals surface area contributed by atoms with Crippen molar-refractivity contribution in [1.82, 2.24) is 5.32 Å². The Morgan fingerprint density at radius 1 is 1.20 bits per heavy atom. The Labute approximate surface area is 88.0 Å². The van der Waals surface area contributed by atoms with Gasteiger partial charge in [-0.1, -0.05) is 0 Å². The molecule has 8 nitrogen and oxygen atoms in total. The minimum atomic E-state index is -2.62. The van der Waals surface area contributed by atoms with E-state index >= 15 is 0 Å². The number of aliphatic hydroxyl groups excluding tert-OH is 4. The van der Waals surface area contributed by atoms with Crippen molar-refractivity contribution in [2.24, 2.45) is 0 Å². The van der Waals surface area contributed by atoms with Crippen molar-refractivity contribution in [2.75, 3.05) is 6.61 Å². The van der Waals surface area contributed by atoms with Crippen LogP contribution in [0.15, 0.2) is 0 Å². The van der Waals surface area contributed by atoms with Crippen LogP contribution >= 0.6 is 0 Å². The van der Waals surface area contributed by atoms with Gasteiger partial charge >= 0.3 is 11.4 Å². The van der Waals surface area contributed by atoms with Gasteiger partial charge in [0.05, 0.1) is 12.6 Å². The molecular formula is C6H13NO7S. The van der Waals surface area contributed by atoms with E-state index in [0.29, 0.717) is 0 Å². The van der Waals surface area contributed by atoms with Gasteiger partial charge in [0.25, 0.3) is 0 Å².